The van der Waals surface area contributed by atoms with Crippen molar-refractivity contribution in [1.29, 1.82) is 0 Å². The van der Waals surface area contributed by atoms with Crippen molar-refractivity contribution in [3.05, 3.63) is 107 Å². The smallest absolute Gasteiger partial charge is 0.408 e. The van der Waals surface area contributed by atoms with Crippen molar-refractivity contribution in [1.82, 2.24) is 15.1 Å². The molecule has 6 atom stereocenters. The summed E-state index contributed by atoms with van der Waals surface area (Å²) in [6.45, 7) is 4.72. The quantitative estimate of drug-likeness (QED) is 0.265. The molecular formula is C38H45N3O8. The molecule has 3 saturated heterocycles. The highest BCUT2D eigenvalue weighted by atomic mass is 16.7. The average molecular weight is 672 g/mol. The lowest BCUT2D eigenvalue weighted by atomic mass is 9.90. The highest BCUT2D eigenvalue weighted by Gasteiger charge is 2.42. The van der Waals surface area contributed by atoms with Gasteiger partial charge in [0, 0.05) is 31.2 Å². The summed E-state index contributed by atoms with van der Waals surface area (Å²) in [5, 5.41) is 12.1. The number of aliphatic hydroxyl groups is 1. The van der Waals surface area contributed by atoms with Gasteiger partial charge in [-0.05, 0) is 41.6 Å². The number of methoxy groups -OCH3 is 1. The van der Waals surface area contributed by atoms with E-state index in [4.69, 9.17) is 18.9 Å². The summed E-state index contributed by atoms with van der Waals surface area (Å²) in [5.74, 6) is -0.768. The molecule has 0 spiro atoms. The predicted octanol–water partition coefficient (Wildman–Crippen LogP) is 4.64. The number of hydrogen-bond donors (Lipinski definition) is 2. The second-order valence-corrected chi connectivity index (χ2v) is 13.1. The second kappa shape index (κ2) is 16.1. The largest absolute Gasteiger partial charge is 0.445 e. The Labute approximate surface area is 287 Å². The summed E-state index contributed by atoms with van der Waals surface area (Å²) >= 11 is 0. The van der Waals surface area contributed by atoms with Gasteiger partial charge in [-0.2, -0.15) is 0 Å². The lowest BCUT2D eigenvalue weighted by Gasteiger charge is -2.43. The van der Waals surface area contributed by atoms with E-state index in [1.54, 1.807) is 7.11 Å². The van der Waals surface area contributed by atoms with E-state index < -0.39 is 24.3 Å². The van der Waals surface area contributed by atoms with E-state index >= 15 is 0 Å². The summed E-state index contributed by atoms with van der Waals surface area (Å²) in [6, 6.07) is 24.0. The van der Waals surface area contributed by atoms with Crippen LogP contribution in [0.2, 0.25) is 0 Å². The number of ether oxygens (including phenoxy) is 4. The van der Waals surface area contributed by atoms with Crippen LogP contribution in [0.15, 0.2) is 78.9 Å². The van der Waals surface area contributed by atoms with E-state index in [1.165, 1.54) is 4.90 Å². The van der Waals surface area contributed by atoms with Gasteiger partial charge in [0.1, 0.15) is 12.6 Å². The van der Waals surface area contributed by atoms with Crippen LogP contribution < -0.4 is 5.32 Å². The number of carbonyl (C=O) groups excluding carboxylic acids is 3. The van der Waals surface area contributed by atoms with Gasteiger partial charge < -0.3 is 29.4 Å². The standard InChI is InChI=1S/C38H45N3O8/c1-25-33(21-40-18-6-9-31(40)24-46-2)48-37(49-35(25)29-14-12-27(22-42)13-15-29)30-16-10-26(11-17-30)20-41-34(43)19-32(36(41)44)39-38(45)47-23-28-7-4-3-5-8-28/h3-5,7-8,10-17,25,31-33,35,37,42H,6,9,18-24H2,1-2H3,(H,39,45)/t25-,31+,32?,33+,35+,37+/m1/s1. The van der Waals surface area contributed by atoms with Gasteiger partial charge in [0.05, 0.1) is 38.4 Å². The number of nitrogens with one attached hydrogen (secondary N) is 1. The molecule has 0 aliphatic carbocycles. The topological polar surface area (TPSA) is 127 Å². The molecular weight excluding hydrogens is 626 g/mol. The van der Waals surface area contributed by atoms with E-state index in [0.29, 0.717) is 12.6 Å². The minimum Gasteiger partial charge on any atom is -0.445 e. The average Bonchev–Trinajstić information content (AvgIpc) is 3.67. The van der Waals surface area contributed by atoms with E-state index in [1.807, 2.05) is 78.9 Å². The third-order valence-electron chi connectivity index (χ3n) is 9.74. The van der Waals surface area contributed by atoms with Crippen molar-refractivity contribution in [3.8, 4) is 0 Å². The van der Waals surface area contributed by atoms with Crippen LogP contribution in [0.4, 0.5) is 4.79 Å². The summed E-state index contributed by atoms with van der Waals surface area (Å²) in [6.07, 6.45) is 0.378. The third-order valence-corrected chi connectivity index (χ3v) is 9.74. The Morgan fingerprint density at radius 3 is 2.37 bits per heavy atom. The van der Waals surface area contributed by atoms with Crippen LogP contribution >= 0.6 is 0 Å². The highest BCUT2D eigenvalue weighted by molar-refractivity contribution is 6.06. The van der Waals surface area contributed by atoms with Gasteiger partial charge in [0.15, 0.2) is 6.29 Å². The SMILES string of the molecule is COC[C@@H]1CCCN1C[C@@H]1O[C@H](c2ccc(CN3C(=O)CC(NC(=O)OCc4ccccc4)C3=O)cc2)O[C@H](c2ccc(CO)cc2)[C@@H]1C. The molecule has 3 aromatic rings. The second-order valence-electron chi connectivity index (χ2n) is 13.1. The van der Waals surface area contributed by atoms with E-state index in [0.717, 1.165) is 53.7 Å². The number of likely N-dealkylation sites (tertiary alicyclic amines) is 2. The summed E-state index contributed by atoms with van der Waals surface area (Å²) in [4.78, 5) is 41.9. The normalized spacial score (nSPS) is 25.9. The first kappa shape index (κ1) is 34.7. The fourth-order valence-corrected chi connectivity index (χ4v) is 6.91. The molecule has 0 radical (unpaired) electrons. The third kappa shape index (κ3) is 8.37. The first-order valence-corrected chi connectivity index (χ1v) is 17.0. The minimum atomic E-state index is -0.972. The van der Waals surface area contributed by atoms with Crippen molar-refractivity contribution in [2.24, 2.45) is 5.92 Å². The number of carbonyl (C=O) groups is 3. The van der Waals surface area contributed by atoms with Crippen molar-refractivity contribution in [2.75, 3.05) is 26.8 Å². The number of nitrogens with zero attached hydrogens (tertiary/aromatic N) is 2. The monoisotopic (exact) mass is 671 g/mol. The molecule has 0 aromatic heterocycles. The fourth-order valence-electron chi connectivity index (χ4n) is 6.91. The maximum absolute atomic E-state index is 13.1. The molecule has 3 aliphatic heterocycles. The zero-order chi connectivity index (χ0) is 34.3. The van der Waals surface area contributed by atoms with E-state index in [2.05, 4.69) is 17.1 Å². The number of aliphatic hydroxyl groups excluding tert-OH is 1. The number of alkyl carbamates (subject to hydrolysis) is 1. The van der Waals surface area contributed by atoms with E-state index in [9.17, 15) is 19.5 Å². The highest BCUT2D eigenvalue weighted by Crippen LogP contribution is 2.42. The van der Waals surface area contributed by atoms with Gasteiger partial charge in [0.25, 0.3) is 5.91 Å². The Morgan fingerprint density at radius 2 is 1.65 bits per heavy atom. The van der Waals surface area contributed by atoms with Gasteiger partial charge in [-0.1, -0.05) is 85.8 Å². The molecule has 6 rings (SSSR count). The Kier molecular flexibility index (Phi) is 11.4. The van der Waals surface area contributed by atoms with Gasteiger partial charge in [-0.25, -0.2) is 4.79 Å². The fraction of sp³-hybridized carbons (Fsp3) is 0.447. The van der Waals surface area contributed by atoms with E-state index in [-0.39, 0.29) is 50.2 Å². The van der Waals surface area contributed by atoms with Crippen LogP contribution in [-0.2, 0) is 48.3 Å². The molecule has 11 heteroatoms. The van der Waals surface area contributed by atoms with Crippen molar-refractivity contribution in [3.63, 3.8) is 0 Å². The van der Waals surface area contributed by atoms with Gasteiger partial charge in [0.2, 0.25) is 5.91 Å². The summed E-state index contributed by atoms with van der Waals surface area (Å²) < 4.78 is 24.0. The maximum Gasteiger partial charge on any atom is 0.408 e. The minimum absolute atomic E-state index is 0.0228. The first-order chi connectivity index (χ1) is 23.8. The molecule has 3 heterocycles. The first-order valence-electron chi connectivity index (χ1n) is 17.0. The number of amides is 3. The molecule has 11 nitrogen and oxygen atoms in total. The zero-order valence-corrected chi connectivity index (χ0v) is 28.0. The van der Waals surface area contributed by atoms with Crippen LogP contribution in [-0.4, -0.2) is 77.8 Å². The van der Waals surface area contributed by atoms with Crippen LogP contribution in [0.25, 0.3) is 0 Å². The molecule has 0 saturated carbocycles. The molecule has 3 fully saturated rings. The predicted molar refractivity (Wildman–Crippen MR) is 180 cm³/mol. The number of rotatable bonds is 12. The van der Waals surface area contributed by atoms with Crippen LogP contribution in [0.3, 0.4) is 0 Å². The number of imide groups is 1. The lowest BCUT2D eigenvalue weighted by molar-refractivity contribution is -0.276. The molecule has 1 unspecified atom stereocenters. The Hall–Kier alpha value is -4.13. The molecule has 3 aliphatic rings. The van der Waals surface area contributed by atoms with Crippen molar-refractivity contribution in [2.45, 2.75) is 76.5 Å². The Balaban J connectivity index is 1.11. The van der Waals surface area contributed by atoms with Crippen LogP contribution in [0.5, 0.6) is 0 Å². The number of benzene rings is 3. The summed E-state index contributed by atoms with van der Waals surface area (Å²) in [5.41, 5.74) is 4.26. The van der Waals surface area contributed by atoms with Crippen LogP contribution in [0.1, 0.15) is 66.4 Å². The molecule has 0 bridgehead atoms. The molecule has 49 heavy (non-hydrogen) atoms. The molecule has 3 aromatic carbocycles. The Morgan fingerprint density at radius 1 is 0.939 bits per heavy atom. The van der Waals surface area contributed by atoms with Crippen molar-refractivity contribution >= 4 is 17.9 Å². The van der Waals surface area contributed by atoms with Gasteiger partial charge in [-0.15, -0.1) is 0 Å². The number of hydrogen-bond acceptors (Lipinski definition) is 9. The van der Waals surface area contributed by atoms with Crippen LogP contribution in [0, 0.1) is 5.92 Å². The summed E-state index contributed by atoms with van der Waals surface area (Å²) in [7, 11) is 1.74. The molecule has 3 amide bonds. The maximum atomic E-state index is 13.1. The zero-order valence-electron chi connectivity index (χ0n) is 28.0. The Bertz CT molecular complexity index is 1570. The van der Waals surface area contributed by atoms with Crippen molar-refractivity contribution < 1.29 is 38.4 Å². The molecule has 2 N–H and O–H groups in total. The van der Waals surface area contributed by atoms with Gasteiger partial charge >= 0.3 is 6.09 Å². The van der Waals surface area contributed by atoms with Gasteiger partial charge in [-0.3, -0.25) is 19.4 Å². The molecule has 260 valence electrons. The lowest BCUT2D eigenvalue weighted by Crippen LogP contribution is -2.46.